The van der Waals surface area contributed by atoms with E-state index < -0.39 is 9.28 Å². The third-order valence-electron chi connectivity index (χ3n) is 1.14. The van der Waals surface area contributed by atoms with Crippen LogP contribution in [0.3, 0.4) is 0 Å². The van der Waals surface area contributed by atoms with Crippen LogP contribution in [0.4, 0.5) is 0 Å². The van der Waals surface area contributed by atoms with Crippen molar-refractivity contribution in [1.29, 1.82) is 0 Å². The Bertz CT molecular complexity index is 53.0. The van der Waals surface area contributed by atoms with Gasteiger partial charge in [-0.25, -0.2) is 0 Å². The van der Waals surface area contributed by atoms with Gasteiger partial charge in [0, 0.05) is 13.7 Å². The van der Waals surface area contributed by atoms with Gasteiger partial charge in [-0.2, -0.15) is 0 Å². The van der Waals surface area contributed by atoms with Gasteiger partial charge in [0.05, 0.1) is 0 Å². The van der Waals surface area contributed by atoms with E-state index in [2.05, 4.69) is 6.92 Å². The largest absolute Gasteiger partial charge is 0.400 e. The van der Waals surface area contributed by atoms with Crippen molar-refractivity contribution in [3.8, 4) is 0 Å². The normalized spacial score (nSPS) is 13.7. The van der Waals surface area contributed by atoms with E-state index in [4.69, 9.17) is 8.85 Å². The average molecular weight is 148 g/mol. The number of hydrogen-bond donors (Lipinski definition) is 0. The Labute approximate surface area is 59.0 Å². The van der Waals surface area contributed by atoms with Crippen molar-refractivity contribution < 1.29 is 8.85 Å². The zero-order valence-electron chi connectivity index (χ0n) is 6.52. The first-order chi connectivity index (χ1) is 4.35. The second kappa shape index (κ2) is 6.26. The van der Waals surface area contributed by atoms with Crippen molar-refractivity contribution in [2.24, 2.45) is 0 Å². The van der Waals surface area contributed by atoms with Crippen LogP contribution in [-0.2, 0) is 8.85 Å². The van der Waals surface area contributed by atoms with Gasteiger partial charge in [-0.3, -0.25) is 0 Å². The highest BCUT2D eigenvalue weighted by atomic mass is 28.3. The first-order valence-corrected chi connectivity index (χ1v) is 5.25. The molecule has 0 saturated heterocycles. The van der Waals surface area contributed by atoms with Gasteiger partial charge in [0.1, 0.15) is 0 Å². The molecule has 0 aromatic heterocycles. The molecule has 2 nitrogen and oxygen atoms in total. The lowest BCUT2D eigenvalue weighted by molar-refractivity contribution is 0.240. The monoisotopic (exact) mass is 148 g/mol. The van der Waals surface area contributed by atoms with Crippen LogP contribution in [0, 0.1) is 0 Å². The van der Waals surface area contributed by atoms with E-state index in [0.717, 1.165) is 12.7 Å². The zero-order valence-corrected chi connectivity index (χ0v) is 7.67. The summed E-state index contributed by atoms with van der Waals surface area (Å²) in [6.45, 7) is 4.96. The number of rotatable bonds is 5. The maximum atomic E-state index is 5.35. The zero-order chi connectivity index (χ0) is 7.11. The molecule has 1 atom stereocenters. The van der Waals surface area contributed by atoms with E-state index in [0.29, 0.717) is 0 Å². The van der Waals surface area contributed by atoms with Gasteiger partial charge >= 0.3 is 9.28 Å². The summed E-state index contributed by atoms with van der Waals surface area (Å²) >= 11 is 0. The summed E-state index contributed by atoms with van der Waals surface area (Å²) < 4.78 is 10.5. The van der Waals surface area contributed by atoms with Crippen molar-refractivity contribution in [3.63, 3.8) is 0 Å². The highest BCUT2D eigenvalue weighted by Gasteiger charge is 2.07. The molecule has 56 valence electrons. The van der Waals surface area contributed by atoms with Crippen molar-refractivity contribution in [2.75, 3.05) is 13.7 Å². The van der Waals surface area contributed by atoms with Gasteiger partial charge in [-0.05, 0) is 13.0 Å². The summed E-state index contributed by atoms with van der Waals surface area (Å²) in [6, 6.07) is 1.13. The second-order valence-corrected chi connectivity index (χ2v) is 4.15. The fourth-order valence-corrected chi connectivity index (χ4v) is 2.07. The molecular formula is C6H16O2Si. The summed E-state index contributed by atoms with van der Waals surface area (Å²) in [5.74, 6) is 0. The molecule has 0 bridgehead atoms. The Morgan fingerprint density at radius 3 is 2.33 bits per heavy atom. The Morgan fingerprint density at radius 2 is 2.00 bits per heavy atom. The van der Waals surface area contributed by atoms with E-state index in [1.807, 2.05) is 6.92 Å². The highest BCUT2D eigenvalue weighted by molar-refractivity contribution is 6.44. The third-order valence-corrected chi connectivity index (χ3v) is 3.42. The van der Waals surface area contributed by atoms with E-state index in [1.54, 1.807) is 7.11 Å². The molecule has 0 saturated carbocycles. The molecule has 0 aromatic carbocycles. The fourth-order valence-electron chi connectivity index (χ4n) is 0.691. The molecule has 0 N–H and O–H groups in total. The van der Waals surface area contributed by atoms with Gasteiger partial charge in [0.15, 0.2) is 0 Å². The van der Waals surface area contributed by atoms with E-state index in [1.165, 1.54) is 6.42 Å². The minimum absolute atomic E-state index is 0.796. The molecule has 0 heterocycles. The molecule has 0 aliphatic heterocycles. The SMILES string of the molecule is CCC[SiH](OC)OCC. The van der Waals surface area contributed by atoms with Gasteiger partial charge in [-0.1, -0.05) is 13.3 Å². The van der Waals surface area contributed by atoms with E-state index in [-0.39, 0.29) is 0 Å². The van der Waals surface area contributed by atoms with Crippen molar-refractivity contribution in [2.45, 2.75) is 26.3 Å². The molecule has 0 spiro atoms. The van der Waals surface area contributed by atoms with Crippen LogP contribution in [0.15, 0.2) is 0 Å². The maximum absolute atomic E-state index is 5.35. The van der Waals surface area contributed by atoms with Crippen LogP contribution in [0.25, 0.3) is 0 Å². The Hall–Kier alpha value is 0.137. The molecule has 0 aromatic rings. The van der Waals surface area contributed by atoms with Gasteiger partial charge in [0.25, 0.3) is 0 Å². The van der Waals surface area contributed by atoms with Gasteiger partial charge < -0.3 is 8.85 Å². The predicted molar refractivity (Wildman–Crippen MR) is 40.9 cm³/mol. The lowest BCUT2D eigenvalue weighted by Crippen LogP contribution is -2.20. The first-order valence-electron chi connectivity index (χ1n) is 3.49. The van der Waals surface area contributed by atoms with Crippen LogP contribution in [0.5, 0.6) is 0 Å². The third kappa shape index (κ3) is 4.63. The number of hydrogen-bond acceptors (Lipinski definition) is 2. The summed E-state index contributed by atoms with van der Waals surface area (Å²) in [6.07, 6.45) is 1.17. The minimum Gasteiger partial charge on any atom is -0.400 e. The quantitative estimate of drug-likeness (QED) is 0.547. The Morgan fingerprint density at radius 1 is 1.33 bits per heavy atom. The van der Waals surface area contributed by atoms with E-state index in [9.17, 15) is 0 Å². The van der Waals surface area contributed by atoms with Crippen LogP contribution >= 0.6 is 0 Å². The van der Waals surface area contributed by atoms with Crippen LogP contribution in [0.2, 0.25) is 6.04 Å². The Balaban J connectivity index is 3.18. The van der Waals surface area contributed by atoms with Gasteiger partial charge in [0.2, 0.25) is 0 Å². The summed E-state index contributed by atoms with van der Waals surface area (Å²) in [4.78, 5) is 0. The maximum Gasteiger partial charge on any atom is 0.321 e. The fraction of sp³-hybridized carbons (Fsp3) is 1.00. The average Bonchev–Trinajstić information content (AvgIpc) is 1.88. The molecule has 0 radical (unpaired) electrons. The van der Waals surface area contributed by atoms with Crippen LogP contribution < -0.4 is 0 Å². The molecule has 0 aliphatic rings. The van der Waals surface area contributed by atoms with Crippen LogP contribution in [0.1, 0.15) is 20.3 Å². The topological polar surface area (TPSA) is 18.5 Å². The standard InChI is InChI=1S/C6H16O2Si/c1-4-6-9(7-3)8-5-2/h9H,4-6H2,1-3H3. The molecule has 0 rings (SSSR count). The molecule has 0 amide bonds. The summed E-state index contributed by atoms with van der Waals surface area (Å²) in [5.41, 5.74) is 0. The first kappa shape index (κ1) is 9.14. The lowest BCUT2D eigenvalue weighted by atomic mass is 10.6. The smallest absolute Gasteiger partial charge is 0.321 e. The molecule has 0 aliphatic carbocycles. The van der Waals surface area contributed by atoms with Crippen LogP contribution in [-0.4, -0.2) is 23.0 Å². The van der Waals surface area contributed by atoms with Gasteiger partial charge in [-0.15, -0.1) is 0 Å². The molecular weight excluding hydrogens is 132 g/mol. The molecule has 1 unspecified atom stereocenters. The van der Waals surface area contributed by atoms with Crippen molar-refractivity contribution in [1.82, 2.24) is 0 Å². The minimum atomic E-state index is -1.21. The van der Waals surface area contributed by atoms with Crippen molar-refractivity contribution >= 4 is 9.28 Å². The predicted octanol–water partition coefficient (Wildman–Crippen LogP) is 1.30. The van der Waals surface area contributed by atoms with Crippen molar-refractivity contribution in [3.05, 3.63) is 0 Å². The lowest BCUT2D eigenvalue weighted by Gasteiger charge is -2.10. The summed E-state index contributed by atoms with van der Waals surface area (Å²) in [7, 11) is 0.525. The molecule has 3 heteroatoms. The highest BCUT2D eigenvalue weighted by Crippen LogP contribution is 1.98. The molecule has 9 heavy (non-hydrogen) atoms. The Kier molecular flexibility index (Phi) is 6.35. The summed E-state index contributed by atoms with van der Waals surface area (Å²) in [5, 5.41) is 0. The molecule has 0 fully saturated rings. The van der Waals surface area contributed by atoms with E-state index >= 15 is 0 Å². The second-order valence-electron chi connectivity index (χ2n) is 1.91.